The first-order valence-corrected chi connectivity index (χ1v) is 3.78. The van der Waals surface area contributed by atoms with Gasteiger partial charge in [0.05, 0.1) is 6.61 Å². The van der Waals surface area contributed by atoms with Crippen molar-refractivity contribution >= 4 is 12.4 Å². The first kappa shape index (κ1) is 13.7. The second-order valence-corrected chi connectivity index (χ2v) is 2.52. The van der Waals surface area contributed by atoms with Crippen LogP contribution in [-0.2, 0) is 0 Å². The summed E-state index contributed by atoms with van der Waals surface area (Å²) in [5, 5.41) is 16.9. The topological polar surface area (TPSA) is 66.5 Å². The average molecular weight is 184 g/mol. The van der Waals surface area contributed by atoms with E-state index in [9.17, 15) is 0 Å². The zero-order valence-electron chi connectivity index (χ0n) is 6.70. The van der Waals surface area contributed by atoms with E-state index in [0.717, 1.165) is 25.7 Å². The number of hydrogen-bond acceptors (Lipinski definition) is 3. The maximum atomic E-state index is 8.52. The Morgan fingerprint density at radius 1 is 1.09 bits per heavy atom. The van der Waals surface area contributed by atoms with E-state index in [0.29, 0.717) is 0 Å². The first-order valence-electron chi connectivity index (χ1n) is 3.78. The van der Waals surface area contributed by atoms with Crippen LogP contribution >= 0.6 is 12.4 Å². The van der Waals surface area contributed by atoms with E-state index in [-0.39, 0.29) is 31.7 Å². The molecule has 1 atom stereocenters. The molecule has 0 radical (unpaired) electrons. The van der Waals surface area contributed by atoms with E-state index in [1.54, 1.807) is 0 Å². The van der Waals surface area contributed by atoms with Crippen LogP contribution in [0.5, 0.6) is 0 Å². The molecule has 0 rings (SSSR count). The van der Waals surface area contributed by atoms with Crippen LogP contribution in [0.4, 0.5) is 0 Å². The number of hydrogen-bond donors (Lipinski definition) is 3. The minimum Gasteiger partial charge on any atom is -0.396 e. The highest BCUT2D eigenvalue weighted by Crippen LogP contribution is 2.00. The molecule has 4 heteroatoms. The standard InChI is InChI=1S/C7H17NO2.ClH/c8-7(6-10)4-2-1-3-5-9;/h7,9-10H,1-6,8H2;1H. The Bertz CT molecular complexity index is 73.5. The van der Waals surface area contributed by atoms with Gasteiger partial charge in [-0.05, 0) is 12.8 Å². The van der Waals surface area contributed by atoms with Gasteiger partial charge >= 0.3 is 0 Å². The van der Waals surface area contributed by atoms with Crippen LogP contribution in [0.25, 0.3) is 0 Å². The van der Waals surface area contributed by atoms with Gasteiger partial charge in [0, 0.05) is 12.6 Å². The Morgan fingerprint density at radius 3 is 2.18 bits per heavy atom. The van der Waals surface area contributed by atoms with Crippen molar-refractivity contribution in [3.8, 4) is 0 Å². The van der Waals surface area contributed by atoms with Gasteiger partial charge in [0.1, 0.15) is 0 Å². The van der Waals surface area contributed by atoms with Crippen LogP contribution in [0, 0.1) is 0 Å². The van der Waals surface area contributed by atoms with Crippen LogP contribution < -0.4 is 5.73 Å². The molecular formula is C7H18ClNO2. The van der Waals surface area contributed by atoms with Crippen molar-refractivity contribution in [3.63, 3.8) is 0 Å². The lowest BCUT2D eigenvalue weighted by Crippen LogP contribution is -2.23. The van der Waals surface area contributed by atoms with Crippen LogP contribution in [-0.4, -0.2) is 29.5 Å². The highest BCUT2D eigenvalue weighted by molar-refractivity contribution is 5.85. The highest BCUT2D eigenvalue weighted by atomic mass is 35.5. The van der Waals surface area contributed by atoms with Crippen LogP contribution in [0.3, 0.4) is 0 Å². The molecule has 11 heavy (non-hydrogen) atoms. The van der Waals surface area contributed by atoms with Gasteiger partial charge in [0.2, 0.25) is 0 Å². The van der Waals surface area contributed by atoms with E-state index < -0.39 is 0 Å². The van der Waals surface area contributed by atoms with Crippen LogP contribution in [0.1, 0.15) is 25.7 Å². The molecule has 0 aliphatic rings. The van der Waals surface area contributed by atoms with E-state index in [1.165, 1.54) is 0 Å². The quantitative estimate of drug-likeness (QED) is 0.519. The molecule has 3 nitrogen and oxygen atoms in total. The summed E-state index contributed by atoms with van der Waals surface area (Å²) in [7, 11) is 0. The van der Waals surface area contributed by atoms with Gasteiger partial charge in [-0.3, -0.25) is 0 Å². The van der Waals surface area contributed by atoms with Crippen molar-refractivity contribution in [2.75, 3.05) is 13.2 Å². The molecule has 0 aromatic carbocycles. The van der Waals surface area contributed by atoms with Gasteiger partial charge in [-0.2, -0.15) is 0 Å². The number of aliphatic hydroxyl groups excluding tert-OH is 2. The molecule has 0 aromatic heterocycles. The van der Waals surface area contributed by atoms with Crippen molar-refractivity contribution in [2.45, 2.75) is 31.7 Å². The Kier molecular flexibility index (Phi) is 12.7. The molecule has 0 amide bonds. The number of halogens is 1. The number of aliphatic hydroxyl groups is 2. The van der Waals surface area contributed by atoms with E-state index in [1.807, 2.05) is 0 Å². The molecule has 0 aliphatic heterocycles. The fourth-order valence-corrected chi connectivity index (χ4v) is 0.786. The lowest BCUT2D eigenvalue weighted by molar-refractivity contribution is 0.253. The van der Waals surface area contributed by atoms with Gasteiger partial charge < -0.3 is 15.9 Å². The van der Waals surface area contributed by atoms with Crippen molar-refractivity contribution in [2.24, 2.45) is 5.73 Å². The van der Waals surface area contributed by atoms with Crippen LogP contribution in [0.15, 0.2) is 0 Å². The molecule has 0 spiro atoms. The summed E-state index contributed by atoms with van der Waals surface area (Å²) in [6.07, 6.45) is 3.71. The predicted molar refractivity (Wildman–Crippen MR) is 47.9 cm³/mol. The Balaban J connectivity index is 0. The summed E-state index contributed by atoms with van der Waals surface area (Å²) in [6.45, 7) is 0.327. The van der Waals surface area contributed by atoms with Gasteiger partial charge in [-0.25, -0.2) is 0 Å². The summed E-state index contributed by atoms with van der Waals surface area (Å²) in [5.41, 5.74) is 5.44. The van der Waals surface area contributed by atoms with Crippen molar-refractivity contribution in [1.29, 1.82) is 0 Å². The molecule has 0 fully saturated rings. The Hall–Kier alpha value is 0.170. The largest absolute Gasteiger partial charge is 0.396 e. The summed E-state index contributed by atoms with van der Waals surface area (Å²) < 4.78 is 0. The maximum Gasteiger partial charge on any atom is 0.0582 e. The summed E-state index contributed by atoms with van der Waals surface area (Å²) in [4.78, 5) is 0. The summed E-state index contributed by atoms with van der Waals surface area (Å²) >= 11 is 0. The van der Waals surface area contributed by atoms with Crippen molar-refractivity contribution in [3.05, 3.63) is 0 Å². The van der Waals surface area contributed by atoms with E-state index in [2.05, 4.69) is 0 Å². The lowest BCUT2D eigenvalue weighted by Gasteiger charge is -2.05. The van der Waals surface area contributed by atoms with Crippen LogP contribution in [0.2, 0.25) is 0 Å². The average Bonchev–Trinajstić information content (AvgIpc) is 1.98. The zero-order valence-corrected chi connectivity index (χ0v) is 7.52. The minimum atomic E-state index is -0.0707. The second kappa shape index (κ2) is 10.2. The summed E-state index contributed by atoms with van der Waals surface area (Å²) in [6, 6.07) is -0.0707. The zero-order chi connectivity index (χ0) is 7.82. The van der Waals surface area contributed by atoms with Crippen molar-refractivity contribution in [1.82, 2.24) is 0 Å². The third kappa shape index (κ3) is 10.2. The SMILES string of the molecule is Cl.NC(CO)CCCCCO. The number of nitrogens with two attached hydrogens (primary N) is 1. The van der Waals surface area contributed by atoms with E-state index in [4.69, 9.17) is 15.9 Å². The maximum absolute atomic E-state index is 8.52. The van der Waals surface area contributed by atoms with Crippen molar-refractivity contribution < 1.29 is 10.2 Å². The van der Waals surface area contributed by atoms with Gasteiger partial charge in [0.25, 0.3) is 0 Å². The highest BCUT2D eigenvalue weighted by Gasteiger charge is 1.98. The smallest absolute Gasteiger partial charge is 0.0582 e. The Morgan fingerprint density at radius 2 is 1.73 bits per heavy atom. The fourth-order valence-electron chi connectivity index (χ4n) is 0.786. The van der Waals surface area contributed by atoms with E-state index >= 15 is 0 Å². The molecule has 1 unspecified atom stereocenters. The fraction of sp³-hybridized carbons (Fsp3) is 1.00. The first-order chi connectivity index (χ1) is 4.81. The molecule has 4 N–H and O–H groups in total. The summed E-state index contributed by atoms with van der Waals surface area (Å²) in [5.74, 6) is 0. The minimum absolute atomic E-state index is 0. The Labute approximate surface area is 74.0 Å². The molecular weight excluding hydrogens is 166 g/mol. The predicted octanol–water partition coefficient (Wildman–Crippen LogP) is 0.280. The van der Waals surface area contributed by atoms with Gasteiger partial charge in [-0.1, -0.05) is 12.8 Å². The number of rotatable bonds is 6. The third-order valence-corrected chi connectivity index (χ3v) is 1.47. The normalized spacial score (nSPS) is 12.3. The molecule has 0 aliphatic carbocycles. The third-order valence-electron chi connectivity index (χ3n) is 1.47. The molecule has 0 aromatic rings. The molecule has 0 saturated heterocycles. The molecule has 0 bridgehead atoms. The van der Waals surface area contributed by atoms with Gasteiger partial charge in [-0.15, -0.1) is 12.4 Å². The van der Waals surface area contributed by atoms with Gasteiger partial charge in [0.15, 0.2) is 0 Å². The molecule has 0 heterocycles. The number of unbranched alkanes of at least 4 members (excludes halogenated alkanes) is 2. The molecule has 0 saturated carbocycles. The molecule has 70 valence electrons. The lowest BCUT2D eigenvalue weighted by atomic mass is 10.1. The monoisotopic (exact) mass is 183 g/mol. The second-order valence-electron chi connectivity index (χ2n) is 2.52.